The molecule has 0 radical (unpaired) electrons. The van der Waals surface area contributed by atoms with E-state index in [4.69, 9.17) is 0 Å². The quantitative estimate of drug-likeness (QED) is 0.253. The van der Waals surface area contributed by atoms with Crippen LogP contribution in [0.4, 0.5) is 0 Å². The number of rotatable bonds is 7. The number of nitrogens with zero attached hydrogens (tertiary/aromatic N) is 1. The first-order valence-corrected chi connectivity index (χ1v) is 6.67. The minimum atomic E-state index is -0.137. The third-order valence-electron chi connectivity index (χ3n) is 2.59. The molecule has 0 rings (SSSR count). The minimum absolute atomic E-state index is 0.114. The SMILES string of the molecule is C/C=C(C)\N=C(/C)N/C=C(\C(=O)CC)C(=O)CCC. The number of nitrogens with one attached hydrogen (secondary N) is 1. The number of hydrogen-bond acceptors (Lipinski definition) is 3. The van der Waals surface area contributed by atoms with Gasteiger partial charge >= 0.3 is 0 Å². The van der Waals surface area contributed by atoms with Crippen molar-refractivity contribution in [1.29, 1.82) is 0 Å². The summed E-state index contributed by atoms with van der Waals surface area (Å²) >= 11 is 0. The predicted octanol–water partition coefficient (Wildman–Crippen LogP) is 3.15. The third-order valence-corrected chi connectivity index (χ3v) is 2.59. The highest BCUT2D eigenvalue weighted by Gasteiger charge is 2.15. The van der Waals surface area contributed by atoms with Gasteiger partial charge in [-0.3, -0.25) is 9.59 Å². The van der Waals surface area contributed by atoms with Crippen molar-refractivity contribution >= 4 is 17.4 Å². The van der Waals surface area contributed by atoms with Crippen molar-refractivity contribution in [3.8, 4) is 0 Å². The van der Waals surface area contributed by atoms with Crippen molar-refractivity contribution in [3.63, 3.8) is 0 Å². The summed E-state index contributed by atoms with van der Waals surface area (Å²) in [5, 5.41) is 2.91. The summed E-state index contributed by atoms with van der Waals surface area (Å²) in [5.41, 5.74) is 1.11. The van der Waals surface area contributed by atoms with Gasteiger partial charge in [-0.15, -0.1) is 0 Å². The lowest BCUT2D eigenvalue weighted by Crippen LogP contribution is -2.20. The van der Waals surface area contributed by atoms with Gasteiger partial charge in [-0.1, -0.05) is 19.9 Å². The maximum atomic E-state index is 11.9. The van der Waals surface area contributed by atoms with Gasteiger partial charge in [0.15, 0.2) is 11.6 Å². The number of carbonyl (C=O) groups excluding carboxylic acids is 2. The number of carbonyl (C=O) groups is 2. The second-order valence-corrected chi connectivity index (χ2v) is 4.28. The van der Waals surface area contributed by atoms with Gasteiger partial charge in [-0.2, -0.15) is 0 Å². The van der Waals surface area contributed by atoms with E-state index < -0.39 is 0 Å². The van der Waals surface area contributed by atoms with Crippen molar-refractivity contribution < 1.29 is 9.59 Å². The monoisotopic (exact) mass is 264 g/mol. The molecule has 0 heterocycles. The van der Waals surface area contributed by atoms with Gasteiger partial charge in [-0.25, -0.2) is 4.99 Å². The zero-order valence-electron chi connectivity index (χ0n) is 12.5. The summed E-state index contributed by atoms with van der Waals surface area (Å²) in [6.07, 6.45) is 4.81. The Kier molecular flexibility index (Phi) is 8.42. The molecule has 0 saturated carbocycles. The van der Waals surface area contributed by atoms with Crippen molar-refractivity contribution in [2.24, 2.45) is 4.99 Å². The number of ketones is 2. The summed E-state index contributed by atoms with van der Waals surface area (Å²) in [6, 6.07) is 0. The molecule has 0 saturated heterocycles. The summed E-state index contributed by atoms with van der Waals surface area (Å²) in [4.78, 5) is 27.9. The smallest absolute Gasteiger partial charge is 0.167 e. The van der Waals surface area contributed by atoms with Gasteiger partial charge in [-0.05, 0) is 27.2 Å². The molecule has 0 bridgehead atoms. The van der Waals surface area contributed by atoms with Gasteiger partial charge in [0.25, 0.3) is 0 Å². The fourth-order valence-electron chi connectivity index (χ4n) is 1.41. The van der Waals surface area contributed by atoms with E-state index >= 15 is 0 Å². The molecule has 0 aromatic carbocycles. The largest absolute Gasteiger partial charge is 0.350 e. The van der Waals surface area contributed by atoms with E-state index in [1.54, 1.807) is 13.8 Å². The van der Waals surface area contributed by atoms with E-state index in [9.17, 15) is 9.59 Å². The molecule has 0 aliphatic carbocycles. The number of hydrogen-bond donors (Lipinski definition) is 1. The average molecular weight is 264 g/mol. The molecule has 4 nitrogen and oxygen atoms in total. The van der Waals surface area contributed by atoms with E-state index in [-0.39, 0.29) is 17.1 Å². The molecule has 0 aromatic rings. The summed E-state index contributed by atoms with van der Waals surface area (Å²) in [7, 11) is 0. The Morgan fingerprint density at radius 1 is 1.16 bits per heavy atom. The van der Waals surface area contributed by atoms with Crippen LogP contribution >= 0.6 is 0 Å². The first kappa shape index (κ1) is 17.3. The van der Waals surface area contributed by atoms with Gasteiger partial charge in [0, 0.05) is 24.7 Å². The molecule has 0 spiro atoms. The number of amidine groups is 1. The van der Waals surface area contributed by atoms with Crippen LogP contribution in [0.25, 0.3) is 0 Å². The molecule has 0 aromatic heterocycles. The Bertz CT molecular complexity index is 418. The highest BCUT2D eigenvalue weighted by Crippen LogP contribution is 2.06. The second kappa shape index (κ2) is 9.25. The Morgan fingerprint density at radius 3 is 2.26 bits per heavy atom. The Balaban J connectivity index is 4.98. The van der Waals surface area contributed by atoms with Crippen molar-refractivity contribution in [3.05, 3.63) is 23.5 Å². The Labute approximate surface area is 115 Å². The van der Waals surface area contributed by atoms with Crippen LogP contribution in [0.3, 0.4) is 0 Å². The first-order chi connectivity index (χ1) is 8.96. The highest BCUT2D eigenvalue weighted by atomic mass is 16.1. The van der Waals surface area contributed by atoms with Gasteiger partial charge in [0.1, 0.15) is 5.84 Å². The van der Waals surface area contributed by atoms with E-state index in [1.807, 2.05) is 26.8 Å². The summed E-state index contributed by atoms with van der Waals surface area (Å²) in [5.74, 6) is 0.403. The maximum absolute atomic E-state index is 11.9. The maximum Gasteiger partial charge on any atom is 0.167 e. The Morgan fingerprint density at radius 2 is 1.79 bits per heavy atom. The van der Waals surface area contributed by atoms with Crippen LogP contribution in [0.5, 0.6) is 0 Å². The zero-order chi connectivity index (χ0) is 14.8. The molecule has 0 aliphatic rings. The topological polar surface area (TPSA) is 58.5 Å². The highest BCUT2D eigenvalue weighted by molar-refractivity contribution is 6.20. The molecule has 0 aliphatic heterocycles. The van der Waals surface area contributed by atoms with Gasteiger partial charge < -0.3 is 5.32 Å². The van der Waals surface area contributed by atoms with E-state index in [0.29, 0.717) is 18.7 Å². The lowest BCUT2D eigenvalue weighted by Gasteiger charge is -2.05. The van der Waals surface area contributed by atoms with E-state index in [1.165, 1.54) is 6.20 Å². The molecular formula is C15H24N2O2. The lowest BCUT2D eigenvalue weighted by atomic mass is 10.0. The van der Waals surface area contributed by atoms with Crippen LogP contribution in [-0.4, -0.2) is 17.4 Å². The molecule has 19 heavy (non-hydrogen) atoms. The molecule has 0 unspecified atom stereocenters. The zero-order valence-corrected chi connectivity index (χ0v) is 12.5. The summed E-state index contributed by atoms with van der Waals surface area (Å²) in [6.45, 7) is 9.25. The number of allylic oxidation sites excluding steroid dienone is 3. The molecule has 0 atom stereocenters. The molecule has 0 fully saturated rings. The van der Waals surface area contributed by atoms with E-state index in [2.05, 4.69) is 10.3 Å². The van der Waals surface area contributed by atoms with Crippen molar-refractivity contribution in [2.75, 3.05) is 0 Å². The second-order valence-electron chi connectivity index (χ2n) is 4.28. The van der Waals surface area contributed by atoms with Crippen molar-refractivity contribution in [2.45, 2.75) is 53.9 Å². The third kappa shape index (κ3) is 6.70. The molecular weight excluding hydrogens is 240 g/mol. The average Bonchev–Trinajstić information content (AvgIpc) is 2.38. The van der Waals surface area contributed by atoms with Crippen LogP contribution in [-0.2, 0) is 9.59 Å². The molecule has 106 valence electrons. The van der Waals surface area contributed by atoms with Crippen LogP contribution < -0.4 is 5.32 Å². The van der Waals surface area contributed by atoms with Crippen LogP contribution in [0, 0.1) is 0 Å². The lowest BCUT2D eigenvalue weighted by molar-refractivity contribution is -0.121. The van der Waals surface area contributed by atoms with Crippen molar-refractivity contribution in [1.82, 2.24) is 5.32 Å². The predicted molar refractivity (Wildman–Crippen MR) is 79.0 cm³/mol. The fraction of sp³-hybridized carbons (Fsp3) is 0.533. The number of aliphatic imine (C=N–C) groups is 1. The fourth-order valence-corrected chi connectivity index (χ4v) is 1.41. The molecule has 0 amide bonds. The first-order valence-electron chi connectivity index (χ1n) is 6.67. The van der Waals surface area contributed by atoms with E-state index in [0.717, 1.165) is 12.1 Å². The minimum Gasteiger partial charge on any atom is -0.350 e. The van der Waals surface area contributed by atoms with Crippen LogP contribution in [0.15, 0.2) is 28.5 Å². The molecule has 4 heteroatoms. The standard InChI is InChI=1S/C15H24N2O2/c1-6-9-15(19)13(14(18)8-3)10-16-12(5)17-11(4)7-2/h7,10H,6,8-9H2,1-5H3,(H,16,17)/b11-7-,13-10+. The van der Waals surface area contributed by atoms with Crippen LogP contribution in [0.1, 0.15) is 53.9 Å². The molecule has 1 N–H and O–H groups in total. The Hall–Kier alpha value is -1.71. The van der Waals surface area contributed by atoms with Gasteiger partial charge in [0.05, 0.1) is 5.57 Å². The number of Topliss-reactive ketones (excluding diaryl/α,β-unsaturated/α-hetero) is 2. The van der Waals surface area contributed by atoms with Gasteiger partial charge in [0.2, 0.25) is 0 Å². The normalized spacial score (nSPS) is 13.4. The van der Waals surface area contributed by atoms with Crippen LogP contribution in [0.2, 0.25) is 0 Å². The summed E-state index contributed by atoms with van der Waals surface area (Å²) < 4.78 is 0.